The lowest BCUT2D eigenvalue weighted by atomic mass is 10.1. The third-order valence-corrected chi connectivity index (χ3v) is 4.20. The molecule has 0 aliphatic carbocycles. The SMILES string of the molecule is CCCCNC(=O)c1ccc(CN=C(NCC)NCCc2ccccn2)cc1.I. The van der Waals surface area contributed by atoms with Gasteiger partial charge in [0.25, 0.3) is 5.91 Å². The average molecular weight is 509 g/mol. The summed E-state index contributed by atoms with van der Waals surface area (Å²) in [5, 5.41) is 9.52. The molecule has 0 saturated heterocycles. The van der Waals surface area contributed by atoms with Crippen LogP contribution in [0, 0.1) is 0 Å². The molecule has 2 aromatic rings. The van der Waals surface area contributed by atoms with Crippen LogP contribution in [-0.4, -0.2) is 36.5 Å². The van der Waals surface area contributed by atoms with Gasteiger partial charge in [0.05, 0.1) is 6.54 Å². The minimum atomic E-state index is -0.0203. The quantitative estimate of drug-likeness (QED) is 0.198. The summed E-state index contributed by atoms with van der Waals surface area (Å²) in [6.45, 7) is 6.98. The molecule has 1 aromatic carbocycles. The molecule has 1 aromatic heterocycles. The van der Waals surface area contributed by atoms with Crippen molar-refractivity contribution >= 4 is 35.8 Å². The molecule has 7 heteroatoms. The minimum Gasteiger partial charge on any atom is -0.357 e. The molecule has 0 saturated carbocycles. The van der Waals surface area contributed by atoms with Crippen molar-refractivity contribution in [3.63, 3.8) is 0 Å². The number of guanidine groups is 1. The van der Waals surface area contributed by atoms with E-state index >= 15 is 0 Å². The summed E-state index contributed by atoms with van der Waals surface area (Å²) >= 11 is 0. The molecule has 1 amide bonds. The van der Waals surface area contributed by atoms with Gasteiger partial charge in [-0.2, -0.15) is 0 Å². The number of aliphatic imine (C=N–C) groups is 1. The first-order valence-corrected chi connectivity index (χ1v) is 10.0. The molecule has 158 valence electrons. The van der Waals surface area contributed by atoms with Gasteiger partial charge in [0.15, 0.2) is 5.96 Å². The van der Waals surface area contributed by atoms with E-state index in [9.17, 15) is 4.79 Å². The summed E-state index contributed by atoms with van der Waals surface area (Å²) in [7, 11) is 0. The standard InChI is InChI=1S/C22H31N5O.HI/c1-3-5-14-25-21(28)19-11-9-18(10-12-19)17-27-22(23-4-2)26-16-13-20-8-6-7-15-24-20;/h6-12,15H,3-5,13-14,16-17H2,1-2H3,(H,25,28)(H2,23,26,27);1H. The maximum Gasteiger partial charge on any atom is 0.251 e. The number of carbonyl (C=O) groups excluding carboxylic acids is 1. The maximum absolute atomic E-state index is 12.1. The van der Waals surface area contributed by atoms with Gasteiger partial charge in [-0.25, -0.2) is 4.99 Å². The predicted molar refractivity (Wildman–Crippen MR) is 130 cm³/mol. The highest BCUT2D eigenvalue weighted by Gasteiger charge is 2.04. The van der Waals surface area contributed by atoms with Gasteiger partial charge in [-0.3, -0.25) is 9.78 Å². The first kappa shape index (κ1) is 24.9. The van der Waals surface area contributed by atoms with Crippen molar-refractivity contribution in [1.29, 1.82) is 0 Å². The number of carbonyl (C=O) groups is 1. The summed E-state index contributed by atoms with van der Waals surface area (Å²) in [5.74, 6) is 0.757. The van der Waals surface area contributed by atoms with Crippen LogP contribution in [0.2, 0.25) is 0 Å². The lowest BCUT2D eigenvalue weighted by Crippen LogP contribution is -2.38. The van der Waals surface area contributed by atoms with E-state index in [0.717, 1.165) is 56.1 Å². The van der Waals surface area contributed by atoms with Crippen LogP contribution in [0.3, 0.4) is 0 Å². The number of halogens is 1. The number of rotatable bonds is 10. The fourth-order valence-electron chi connectivity index (χ4n) is 2.61. The summed E-state index contributed by atoms with van der Waals surface area (Å²) in [6, 6.07) is 13.6. The minimum absolute atomic E-state index is 0. The molecule has 1 heterocycles. The Labute approximate surface area is 191 Å². The molecule has 2 rings (SSSR count). The van der Waals surface area contributed by atoms with Crippen LogP contribution >= 0.6 is 24.0 Å². The molecule has 6 nitrogen and oxygen atoms in total. The van der Waals surface area contributed by atoms with Crippen LogP contribution in [0.25, 0.3) is 0 Å². The van der Waals surface area contributed by atoms with E-state index in [2.05, 4.69) is 32.9 Å². The second-order valence-corrected chi connectivity index (χ2v) is 6.50. The van der Waals surface area contributed by atoms with Crippen molar-refractivity contribution in [3.8, 4) is 0 Å². The van der Waals surface area contributed by atoms with Crippen molar-refractivity contribution in [3.05, 3.63) is 65.5 Å². The fourth-order valence-corrected chi connectivity index (χ4v) is 2.61. The average Bonchev–Trinajstić information content (AvgIpc) is 2.73. The van der Waals surface area contributed by atoms with Crippen LogP contribution in [0.5, 0.6) is 0 Å². The summed E-state index contributed by atoms with van der Waals surface area (Å²) in [6.07, 6.45) is 4.72. The fraction of sp³-hybridized carbons (Fsp3) is 0.409. The van der Waals surface area contributed by atoms with E-state index < -0.39 is 0 Å². The monoisotopic (exact) mass is 509 g/mol. The van der Waals surface area contributed by atoms with Gasteiger partial charge in [0, 0.05) is 43.5 Å². The Morgan fingerprint density at radius 3 is 2.45 bits per heavy atom. The number of amides is 1. The third kappa shape index (κ3) is 9.74. The van der Waals surface area contributed by atoms with Crippen LogP contribution in [0.4, 0.5) is 0 Å². The van der Waals surface area contributed by atoms with Crippen molar-refractivity contribution in [1.82, 2.24) is 20.9 Å². The number of hydrogen-bond donors (Lipinski definition) is 3. The van der Waals surface area contributed by atoms with E-state index in [1.165, 1.54) is 0 Å². The molecule has 29 heavy (non-hydrogen) atoms. The molecule has 0 aliphatic rings. The van der Waals surface area contributed by atoms with E-state index in [-0.39, 0.29) is 29.9 Å². The highest BCUT2D eigenvalue weighted by Crippen LogP contribution is 2.06. The lowest BCUT2D eigenvalue weighted by Gasteiger charge is -2.11. The predicted octanol–water partition coefficient (Wildman–Crippen LogP) is 3.53. The lowest BCUT2D eigenvalue weighted by molar-refractivity contribution is 0.0953. The Morgan fingerprint density at radius 1 is 1.00 bits per heavy atom. The van der Waals surface area contributed by atoms with Gasteiger partial charge in [-0.15, -0.1) is 24.0 Å². The molecule has 0 radical (unpaired) electrons. The third-order valence-electron chi connectivity index (χ3n) is 4.20. The van der Waals surface area contributed by atoms with Crippen LogP contribution in [-0.2, 0) is 13.0 Å². The Balaban J connectivity index is 0.00000420. The summed E-state index contributed by atoms with van der Waals surface area (Å²) in [4.78, 5) is 21.0. The highest BCUT2D eigenvalue weighted by molar-refractivity contribution is 14.0. The van der Waals surface area contributed by atoms with E-state index in [4.69, 9.17) is 0 Å². The normalized spacial score (nSPS) is 10.8. The molecule has 0 unspecified atom stereocenters. The number of benzene rings is 1. The second kappa shape index (κ2) is 14.8. The summed E-state index contributed by atoms with van der Waals surface area (Å²) in [5.41, 5.74) is 2.80. The zero-order valence-electron chi connectivity index (χ0n) is 17.3. The Hall–Kier alpha value is -2.16. The number of pyridine rings is 1. The maximum atomic E-state index is 12.1. The molecular weight excluding hydrogens is 477 g/mol. The van der Waals surface area contributed by atoms with Crippen molar-refractivity contribution in [2.45, 2.75) is 39.7 Å². The van der Waals surface area contributed by atoms with Crippen LogP contribution < -0.4 is 16.0 Å². The number of nitrogens with zero attached hydrogens (tertiary/aromatic N) is 2. The summed E-state index contributed by atoms with van der Waals surface area (Å²) < 4.78 is 0. The van der Waals surface area contributed by atoms with Gasteiger partial charge in [-0.1, -0.05) is 31.5 Å². The molecule has 0 bridgehead atoms. The van der Waals surface area contributed by atoms with E-state index in [1.807, 2.05) is 55.6 Å². The van der Waals surface area contributed by atoms with Gasteiger partial charge >= 0.3 is 0 Å². The molecule has 0 spiro atoms. The van der Waals surface area contributed by atoms with Crippen molar-refractivity contribution < 1.29 is 4.79 Å². The van der Waals surface area contributed by atoms with Crippen molar-refractivity contribution in [2.24, 2.45) is 4.99 Å². The second-order valence-electron chi connectivity index (χ2n) is 6.50. The molecule has 0 aliphatic heterocycles. The zero-order valence-corrected chi connectivity index (χ0v) is 19.6. The van der Waals surface area contributed by atoms with E-state index in [0.29, 0.717) is 12.1 Å². The smallest absolute Gasteiger partial charge is 0.251 e. The highest BCUT2D eigenvalue weighted by atomic mass is 127. The van der Waals surface area contributed by atoms with Gasteiger partial charge in [0.2, 0.25) is 0 Å². The Morgan fingerprint density at radius 2 is 1.79 bits per heavy atom. The number of unbranched alkanes of at least 4 members (excludes halogenated alkanes) is 1. The largest absolute Gasteiger partial charge is 0.357 e. The number of aromatic nitrogens is 1. The topological polar surface area (TPSA) is 78.4 Å². The van der Waals surface area contributed by atoms with Gasteiger partial charge < -0.3 is 16.0 Å². The number of hydrogen-bond acceptors (Lipinski definition) is 3. The van der Waals surface area contributed by atoms with Crippen molar-refractivity contribution in [2.75, 3.05) is 19.6 Å². The molecule has 0 atom stereocenters. The van der Waals surface area contributed by atoms with Crippen LogP contribution in [0.15, 0.2) is 53.7 Å². The van der Waals surface area contributed by atoms with Gasteiger partial charge in [0.1, 0.15) is 0 Å². The molecule has 3 N–H and O–H groups in total. The Bertz CT molecular complexity index is 735. The van der Waals surface area contributed by atoms with Crippen LogP contribution in [0.1, 0.15) is 48.3 Å². The first-order valence-electron chi connectivity index (χ1n) is 10.0. The van der Waals surface area contributed by atoms with E-state index in [1.54, 1.807) is 0 Å². The number of nitrogens with one attached hydrogen (secondary N) is 3. The Kier molecular flexibility index (Phi) is 12.7. The van der Waals surface area contributed by atoms with Gasteiger partial charge in [-0.05, 0) is 43.2 Å². The molecule has 0 fully saturated rings. The zero-order chi connectivity index (χ0) is 20.0. The first-order chi connectivity index (χ1) is 13.7. The molecular formula is C22H32IN5O.